The third-order valence-corrected chi connectivity index (χ3v) is 5.63. The highest BCUT2D eigenvalue weighted by atomic mass is 35.5. The molecular weight excluding hydrogens is 362 g/mol. The first-order chi connectivity index (χ1) is 13.2. The van der Waals surface area contributed by atoms with Gasteiger partial charge in [0.25, 0.3) is 0 Å². The average Bonchev–Trinajstić information content (AvgIpc) is 3.49. The van der Waals surface area contributed by atoms with Crippen molar-refractivity contribution in [2.75, 3.05) is 26.3 Å². The molecule has 27 heavy (non-hydrogen) atoms. The molecule has 2 fully saturated rings. The second kappa shape index (κ2) is 8.01. The van der Waals surface area contributed by atoms with Gasteiger partial charge in [0.1, 0.15) is 12.7 Å². The van der Waals surface area contributed by atoms with Crippen LogP contribution >= 0.6 is 11.6 Å². The van der Waals surface area contributed by atoms with Crippen LogP contribution in [0.25, 0.3) is 0 Å². The number of ether oxygens (including phenoxy) is 2. The maximum absolute atomic E-state index is 12.7. The van der Waals surface area contributed by atoms with E-state index >= 15 is 0 Å². The fourth-order valence-corrected chi connectivity index (χ4v) is 3.89. The molecule has 142 valence electrons. The van der Waals surface area contributed by atoms with E-state index < -0.39 is 5.41 Å². The van der Waals surface area contributed by atoms with Gasteiger partial charge >= 0.3 is 5.97 Å². The summed E-state index contributed by atoms with van der Waals surface area (Å²) in [6.45, 7) is 3.51. The summed E-state index contributed by atoms with van der Waals surface area (Å²) in [5.74, 6) is -0.159. The molecular formula is C22H24ClNO3. The zero-order valence-electron chi connectivity index (χ0n) is 15.3. The van der Waals surface area contributed by atoms with E-state index in [1.54, 1.807) is 0 Å². The van der Waals surface area contributed by atoms with E-state index in [4.69, 9.17) is 21.1 Å². The summed E-state index contributed by atoms with van der Waals surface area (Å²) in [5, 5.41) is 0.652. The van der Waals surface area contributed by atoms with Crippen LogP contribution in [0.3, 0.4) is 0 Å². The third kappa shape index (κ3) is 4.34. The van der Waals surface area contributed by atoms with Gasteiger partial charge in [0, 0.05) is 24.7 Å². The fraction of sp³-hybridized carbons (Fsp3) is 0.409. The van der Waals surface area contributed by atoms with E-state index in [2.05, 4.69) is 29.2 Å². The van der Waals surface area contributed by atoms with E-state index in [1.165, 1.54) is 5.56 Å². The Labute approximate surface area is 165 Å². The van der Waals surface area contributed by atoms with Crippen LogP contribution in [0.15, 0.2) is 54.6 Å². The maximum Gasteiger partial charge on any atom is 0.316 e. The van der Waals surface area contributed by atoms with Gasteiger partial charge in [-0.15, -0.1) is 0 Å². The van der Waals surface area contributed by atoms with Gasteiger partial charge in [0.2, 0.25) is 0 Å². The summed E-state index contributed by atoms with van der Waals surface area (Å²) in [6.07, 6.45) is 1.55. The molecule has 1 unspecified atom stereocenters. The third-order valence-electron chi connectivity index (χ3n) is 5.39. The highest BCUT2D eigenvalue weighted by molar-refractivity contribution is 6.30. The Morgan fingerprint density at radius 1 is 1.19 bits per heavy atom. The van der Waals surface area contributed by atoms with Gasteiger partial charge in [-0.05, 0) is 36.1 Å². The van der Waals surface area contributed by atoms with Crippen LogP contribution in [0, 0.1) is 0 Å². The number of hydrogen-bond acceptors (Lipinski definition) is 4. The van der Waals surface area contributed by atoms with Crippen molar-refractivity contribution in [3.8, 4) is 0 Å². The molecule has 1 saturated carbocycles. The zero-order valence-corrected chi connectivity index (χ0v) is 16.0. The van der Waals surface area contributed by atoms with Crippen LogP contribution in [0.2, 0.25) is 5.02 Å². The average molecular weight is 386 g/mol. The van der Waals surface area contributed by atoms with Crippen LogP contribution in [-0.4, -0.2) is 43.3 Å². The SMILES string of the molecule is O=C(OCC1CN(Cc2ccccc2)CCO1)C1(c2cccc(Cl)c2)CC1. The number of rotatable bonds is 6. The topological polar surface area (TPSA) is 38.8 Å². The van der Waals surface area contributed by atoms with E-state index in [1.807, 2.05) is 30.3 Å². The Morgan fingerprint density at radius 2 is 2.00 bits per heavy atom. The van der Waals surface area contributed by atoms with Gasteiger partial charge in [-0.2, -0.15) is 0 Å². The molecule has 1 saturated heterocycles. The summed E-state index contributed by atoms with van der Waals surface area (Å²) < 4.78 is 11.5. The second-order valence-electron chi connectivity index (χ2n) is 7.40. The number of esters is 1. The highest BCUT2D eigenvalue weighted by Gasteiger charge is 2.53. The first kappa shape index (κ1) is 18.5. The molecule has 2 aliphatic rings. The lowest BCUT2D eigenvalue weighted by Crippen LogP contribution is -2.44. The van der Waals surface area contributed by atoms with Crippen LogP contribution < -0.4 is 0 Å². The van der Waals surface area contributed by atoms with E-state index in [0.29, 0.717) is 18.2 Å². The molecule has 1 heterocycles. The molecule has 1 aliphatic carbocycles. The Balaban J connectivity index is 1.31. The summed E-state index contributed by atoms with van der Waals surface area (Å²) in [4.78, 5) is 15.1. The molecule has 0 radical (unpaired) electrons. The van der Waals surface area contributed by atoms with E-state index in [9.17, 15) is 4.79 Å². The standard InChI is InChI=1S/C22H24ClNO3/c23-19-8-4-7-18(13-19)22(9-10-22)21(25)27-16-20-15-24(11-12-26-20)14-17-5-2-1-3-6-17/h1-8,13,20H,9-12,14-16H2. The molecule has 1 aliphatic heterocycles. The van der Waals surface area contributed by atoms with Gasteiger partial charge in [-0.3, -0.25) is 9.69 Å². The predicted molar refractivity (Wildman–Crippen MR) is 105 cm³/mol. The lowest BCUT2D eigenvalue weighted by molar-refractivity contribution is -0.153. The minimum Gasteiger partial charge on any atom is -0.462 e. The Bertz CT molecular complexity index is 791. The number of morpholine rings is 1. The monoisotopic (exact) mass is 385 g/mol. The molecule has 1 atom stereocenters. The van der Waals surface area contributed by atoms with Crippen molar-refractivity contribution in [1.82, 2.24) is 4.90 Å². The minimum absolute atomic E-state index is 0.0819. The number of benzene rings is 2. The normalized spacial score (nSPS) is 21.6. The largest absolute Gasteiger partial charge is 0.462 e. The molecule has 4 rings (SSSR count). The molecule has 0 bridgehead atoms. The summed E-state index contributed by atoms with van der Waals surface area (Å²) in [7, 11) is 0. The predicted octanol–water partition coefficient (Wildman–Crippen LogP) is 3.82. The Hall–Kier alpha value is -1.88. The van der Waals surface area contributed by atoms with Crippen molar-refractivity contribution in [1.29, 1.82) is 0 Å². The van der Waals surface area contributed by atoms with Gasteiger partial charge < -0.3 is 9.47 Å². The minimum atomic E-state index is -0.511. The smallest absolute Gasteiger partial charge is 0.316 e. The number of carbonyl (C=O) groups is 1. The second-order valence-corrected chi connectivity index (χ2v) is 7.84. The number of halogens is 1. The van der Waals surface area contributed by atoms with Crippen LogP contribution in [0.5, 0.6) is 0 Å². The van der Waals surface area contributed by atoms with Crippen molar-refractivity contribution in [3.05, 3.63) is 70.7 Å². The van der Waals surface area contributed by atoms with Crippen molar-refractivity contribution in [2.24, 2.45) is 0 Å². The lowest BCUT2D eigenvalue weighted by Gasteiger charge is -2.32. The summed E-state index contributed by atoms with van der Waals surface area (Å²) >= 11 is 6.09. The first-order valence-corrected chi connectivity index (χ1v) is 9.85. The molecule has 0 amide bonds. The highest BCUT2D eigenvalue weighted by Crippen LogP contribution is 2.49. The Morgan fingerprint density at radius 3 is 2.74 bits per heavy atom. The van der Waals surface area contributed by atoms with Crippen molar-refractivity contribution in [2.45, 2.75) is 30.9 Å². The van der Waals surface area contributed by atoms with Gasteiger partial charge in [-0.25, -0.2) is 0 Å². The zero-order chi connectivity index (χ0) is 18.7. The van der Waals surface area contributed by atoms with Crippen LogP contribution in [-0.2, 0) is 26.2 Å². The van der Waals surface area contributed by atoms with Gasteiger partial charge in [-0.1, -0.05) is 54.1 Å². The quantitative estimate of drug-likeness (QED) is 0.709. The van der Waals surface area contributed by atoms with Crippen molar-refractivity contribution in [3.63, 3.8) is 0 Å². The van der Waals surface area contributed by atoms with Gasteiger partial charge in [0.05, 0.1) is 12.0 Å². The van der Waals surface area contributed by atoms with E-state index in [0.717, 1.165) is 38.0 Å². The Kier molecular flexibility index (Phi) is 5.48. The molecule has 4 nitrogen and oxygen atoms in total. The molecule has 0 aromatic heterocycles. The number of carbonyl (C=O) groups excluding carboxylic acids is 1. The van der Waals surface area contributed by atoms with Crippen LogP contribution in [0.1, 0.15) is 24.0 Å². The lowest BCUT2D eigenvalue weighted by atomic mass is 9.96. The van der Waals surface area contributed by atoms with Crippen molar-refractivity contribution >= 4 is 17.6 Å². The van der Waals surface area contributed by atoms with Crippen LogP contribution in [0.4, 0.5) is 0 Å². The number of nitrogens with zero attached hydrogens (tertiary/aromatic N) is 1. The maximum atomic E-state index is 12.7. The molecule has 5 heteroatoms. The van der Waals surface area contributed by atoms with E-state index in [-0.39, 0.29) is 12.1 Å². The van der Waals surface area contributed by atoms with Gasteiger partial charge in [0.15, 0.2) is 0 Å². The summed E-state index contributed by atoms with van der Waals surface area (Å²) in [5.41, 5.74) is 1.73. The first-order valence-electron chi connectivity index (χ1n) is 9.47. The molecule has 0 spiro atoms. The van der Waals surface area contributed by atoms with Crippen molar-refractivity contribution < 1.29 is 14.3 Å². The number of hydrogen-bond donors (Lipinski definition) is 0. The molecule has 2 aromatic carbocycles. The summed E-state index contributed by atoms with van der Waals surface area (Å²) in [6, 6.07) is 17.9. The molecule has 0 N–H and O–H groups in total. The fourth-order valence-electron chi connectivity index (χ4n) is 3.70. The molecule has 2 aromatic rings.